The molecule has 3 amide bonds. The van der Waals surface area contributed by atoms with E-state index in [0.717, 1.165) is 5.56 Å². The topological polar surface area (TPSA) is 95.0 Å². The predicted octanol–water partition coefficient (Wildman–Crippen LogP) is 2.84. The summed E-state index contributed by atoms with van der Waals surface area (Å²) < 4.78 is 5.82. The van der Waals surface area contributed by atoms with E-state index in [1.54, 1.807) is 35.4 Å². The van der Waals surface area contributed by atoms with Gasteiger partial charge in [-0.1, -0.05) is 6.07 Å². The smallest absolute Gasteiger partial charge is 0.407 e. The van der Waals surface area contributed by atoms with Crippen molar-refractivity contribution in [2.75, 3.05) is 31.5 Å². The largest absolute Gasteiger partial charge is 0.489 e. The first-order chi connectivity index (χ1) is 13.6. The van der Waals surface area contributed by atoms with Gasteiger partial charge < -0.3 is 25.0 Å². The van der Waals surface area contributed by atoms with E-state index in [1.807, 2.05) is 18.3 Å². The molecule has 0 unspecified atom stereocenters. The number of amides is 3. The number of carbonyl (C=O) groups excluding carboxylic acids is 1. The summed E-state index contributed by atoms with van der Waals surface area (Å²) >= 11 is 0. The molecule has 2 N–H and O–H groups in total. The number of ether oxygens (including phenoxy) is 1. The highest BCUT2D eigenvalue weighted by Crippen LogP contribution is 2.27. The fourth-order valence-corrected chi connectivity index (χ4v) is 3.48. The van der Waals surface area contributed by atoms with Crippen molar-refractivity contribution in [3.8, 4) is 5.75 Å². The second-order valence-electron chi connectivity index (χ2n) is 7.10. The van der Waals surface area contributed by atoms with Crippen LogP contribution in [0, 0.1) is 0 Å². The van der Waals surface area contributed by atoms with Crippen molar-refractivity contribution in [3.05, 3.63) is 54.4 Å². The molecular formula is C20H22N4O4. The lowest BCUT2D eigenvalue weighted by Gasteiger charge is -2.39. The molecule has 28 heavy (non-hydrogen) atoms. The molecule has 1 aromatic heterocycles. The van der Waals surface area contributed by atoms with Crippen LogP contribution in [-0.4, -0.2) is 64.3 Å². The van der Waals surface area contributed by atoms with Gasteiger partial charge in [-0.05, 0) is 35.9 Å². The van der Waals surface area contributed by atoms with Crippen LogP contribution >= 0.6 is 0 Å². The maximum absolute atomic E-state index is 12.3. The minimum Gasteiger partial charge on any atom is -0.489 e. The van der Waals surface area contributed by atoms with E-state index in [2.05, 4.69) is 10.3 Å². The fraction of sp³-hybridized carbons (Fsp3) is 0.350. The van der Waals surface area contributed by atoms with Crippen molar-refractivity contribution in [2.24, 2.45) is 0 Å². The number of hydrogen-bond acceptors (Lipinski definition) is 4. The molecule has 0 saturated carbocycles. The van der Waals surface area contributed by atoms with E-state index in [-0.39, 0.29) is 12.1 Å². The molecule has 0 aliphatic carbocycles. The Labute approximate surface area is 162 Å². The third kappa shape index (κ3) is 4.00. The average Bonchev–Trinajstić information content (AvgIpc) is 3.12. The molecule has 0 spiro atoms. The number of pyridine rings is 1. The lowest BCUT2D eigenvalue weighted by Crippen LogP contribution is -2.50. The summed E-state index contributed by atoms with van der Waals surface area (Å²) in [7, 11) is 0. The zero-order valence-electron chi connectivity index (χ0n) is 15.3. The quantitative estimate of drug-likeness (QED) is 0.848. The van der Waals surface area contributed by atoms with Gasteiger partial charge in [-0.25, -0.2) is 9.59 Å². The maximum atomic E-state index is 12.3. The van der Waals surface area contributed by atoms with E-state index in [9.17, 15) is 9.59 Å². The summed E-state index contributed by atoms with van der Waals surface area (Å²) in [5, 5.41) is 11.9. The van der Waals surface area contributed by atoms with Crippen molar-refractivity contribution in [1.82, 2.24) is 14.8 Å². The number of nitrogens with zero attached hydrogens (tertiary/aromatic N) is 3. The highest BCUT2D eigenvalue weighted by atomic mass is 16.5. The number of nitrogens with one attached hydrogen (secondary N) is 1. The van der Waals surface area contributed by atoms with Gasteiger partial charge in [-0.15, -0.1) is 0 Å². The number of carboxylic acid groups (broad SMARTS) is 1. The van der Waals surface area contributed by atoms with Crippen LogP contribution in [0.1, 0.15) is 17.9 Å². The molecule has 2 aliphatic heterocycles. The number of carbonyl (C=O) groups is 2. The summed E-state index contributed by atoms with van der Waals surface area (Å²) in [6, 6.07) is 11.0. The zero-order chi connectivity index (χ0) is 19.5. The van der Waals surface area contributed by atoms with Gasteiger partial charge in [0, 0.05) is 50.1 Å². The Morgan fingerprint density at radius 1 is 1.11 bits per heavy atom. The van der Waals surface area contributed by atoms with E-state index < -0.39 is 6.09 Å². The summed E-state index contributed by atoms with van der Waals surface area (Å²) in [6.07, 6.45) is 3.22. The van der Waals surface area contributed by atoms with Gasteiger partial charge in [0.05, 0.1) is 6.54 Å². The Hall–Kier alpha value is -3.29. The van der Waals surface area contributed by atoms with E-state index in [4.69, 9.17) is 9.84 Å². The van der Waals surface area contributed by atoms with E-state index in [0.29, 0.717) is 50.0 Å². The van der Waals surface area contributed by atoms with Gasteiger partial charge in [0.15, 0.2) is 0 Å². The molecule has 2 saturated heterocycles. The van der Waals surface area contributed by atoms with Crippen LogP contribution in [0.2, 0.25) is 0 Å². The van der Waals surface area contributed by atoms with Crippen LogP contribution in [0.3, 0.4) is 0 Å². The molecule has 146 valence electrons. The Morgan fingerprint density at radius 3 is 2.54 bits per heavy atom. The molecule has 0 radical (unpaired) electrons. The Kier molecular flexibility index (Phi) is 5.01. The predicted molar refractivity (Wildman–Crippen MR) is 103 cm³/mol. The number of urea groups is 1. The van der Waals surface area contributed by atoms with Crippen LogP contribution in [0.15, 0.2) is 48.8 Å². The molecular weight excluding hydrogens is 360 g/mol. The highest BCUT2D eigenvalue weighted by Gasteiger charge is 2.32. The molecule has 4 rings (SSSR count). The molecule has 3 heterocycles. The monoisotopic (exact) mass is 382 g/mol. The van der Waals surface area contributed by atoms with Crippen LogP contribution in [0.25, 0.3) is 0 Å². The standard InChI is InChI=1S/C20H22N4O4/c25-19(24-11-15(12-24)14-2-1-8-21-10-14)22-16-3-5-17(6-4-16)28-18-7-9-23(13-18)20(26)27/h1-6,8,10,15,18H,7,9,11-13H2,(H,22,25)(H,26,27)/t18-/m0/s1. The Morgan fingerprint density at radius 2 is 1.89 bits per heavy atom. The highest BCUT2D eigenvalue weighted by molar-refractivity contribution is 5.90. The first kappa shape index (κ1) is 18.1. The van der Waals surface area contributed by atoms with Crippen molar-refractivity contribution in [2.45, 2.75) is 18.4 Å². The van der Waals surface area contributed by atoms with Crippen LogP contribution in [0.4, 0.5) is 15.3 Å². The second-order valence-corrected chi connectivity index (χ2v) is 7.10. The normalized spacial score (nSPS) is 19.2. The number of anilines is 1. The third-order valence-corrected chi connectivity index (χ3v) is 5.15. The number of rotatable bonds is 4. The fourth-order valence-electron chi connectivity index (χ4n) is 3.48. The van der Waals surface area contributed by atoms with Crippen LogP contribution in [-0.2, 0) is 0 Å². The van der Waals surface area contributed by atoms with E-state index in [1.165, 1.54) is 4.90 Å². The van der Waals surface area contributed by atoms with Crippen LogP contribution in [0.5, 0.6) is 5.75 Å². The summed E-state index contributed by atoms with van der Waals surface area (Å²) in [5.41, 5.74) is 1.85. The number of hydrogen-bond donors (Lipinski definition) is 2. The molecule has 1 atom stereocenters. The van der Waals surface area contributed by atoms with Crippen molar-refractivity contribution >= 4 is 17.8 Å². The van der Waals surface area contributed by atoms with Crippen molar-refractivity contribution in [3.63, 3.8) is 0 Å². The lowest BCUT2D eigenvalue weighted by molar-refractivity contribution is 0.145. The van der Waals surface area contributed by atoms with Crippen molar-refractivity contribution < 1.29 is 19.4 Å². The molecule has 2 fully saturated rings. The zero-order valence-corrected chi connectivity index (χ0v) is 15.3. The summed E-state index contributed by atoms with van der Waals surface area (Å²) in [6.45, 7) is 2.23. The minimum atomic E-state index is -0.916. The van der Waals surface area contributed by atoms with Gasteiger partial charge in [-0.2, -0.15) is 0 Å². The molecule has 8 heteroatoms. The van der Waals surface area contributed by atoms with E-state index >= 15 is 0 Å². The first-order valence-electron chi connectivity index (χ1n) is 9.29. The van der Waals surface area contributed by atoms with Gasteiger partial charge in [0.25, 0.3) is 0 Å². The van der Waals surface area contributed by atoms with Gasteiger partial charge >= 0.3 is 12.1 Å². The van der Waals surface area contributed by atoms with Crippen molar-refractivity contribution in [1.29, 1.82) is 0 Å². The number of aromatic nitrogens is 1. The lowest BCUT2D eigenvalue weighted by atomic mass is 9.93. The first-order valence-corrected chi connectivity index (χ1v) is 9.29. The third-order valence-electron chi connectivity index (χ3n) is 5.15. The maximum Gasteiger partial charge on any atom is 0.407 e. The minimum absolute atomic E-state index is 0.123. The van der Waals surface area contributed by atoms with Gasteiger partial charge in [-0.3, -0.25) is 4.98 Å². The summed E-state index contributed by atoms with van der Waals surface area (Å²) in [4.78, 5) is 30.5. The van der Waals surface area contributed by atoms with Gasteiger partial charge in [0.1, 0.15) is 11.9 Å². The molecule has 0 bridgehead atoms. The Bertz CT molecular complexity index is 837. The van der Waals surface area contributed by atoms with Crippen LogP contribution < -0.4 is 10.1 Å². The molecule has 8 nitrogen and oxygen atoms in total. The van der Waals surface area contributed by atoms with Gasteiger partial charge in [0.2, 0.25) is 0 Å². The average molecular weight is 382 g/mol. The molecule has 1 aromatic carbocycles. The molecule has 2 aliphatic rings. The number of benzene rings is 1. The molecule has 2 aromatic rings. The second kappa shape index (κ2) is 7.75. The number of likely N-dealkylation sites (tertiary alicyclic amines) is 2. The Balaban J connectivity index is 1.25. The SMILES string of the molecule is O=C(O)N1CC[C@H](Oc2ccc(NC(=O)N3CC(c4cccnc4)C3)cc2)C1. The summed E-state index contributed by atoms with van der Waals surface area (Å²) in [5.74, 6) is 1.00.